The molecule has 0 aromatic rings. The maximum atomic E-state index is 1.72. The molecule has 0 rings (SSSR count). The summed E-state index contributed by atoms with van der Waals surface area (Å²) in [6, 6.07) is 0. The summed E-state index contributed by atoms with van der Waals surface area (Å²) in [5, 5.41) is 0. The maximum Gasteiger partial charge on any atom is 0 e. The molecule has 4 heteroatoms. The van der Waals surface area contributed by atoms with Gasteiger partial charge < -0.3 is 0 Å². The number of hydrogen-bond donors (Lipinski definition) is 0. The minimum absolute atomic E-state index is 0. The Morgan fingerprint density at radius 2 is 1.25 bits per heavy atom. The van der Waals surface area contributed by atoms with Crippen molar-refractivity contribution in [2.45, 2.75) is 0 Å². The predicted octanol–water partition coefficient (Wildman–Crippen LogP) is -2.37. The quantitative estimate of drug-likeness (QED) is 0.438. The zero-order valence-electron chi connectivity index (χ0n) is 1.91. The molecule has 0 atom stereocenters. The van der Waals surface area contributed by atoms with Crippen LogP contribution in [0.5, 0.6) is 0 Å². The zero-order chi connectivity index (χ0) is 2.00. The van der Waals surface area contributed by atoms with Gasteiger partial charge in [0.15, 0.2) is 17.4 Å². The van der Waals surface area contributed by atoms with E-state index < -0.39 is 0 Å². The molecule has 0 aromatic carbocycles. The van der Waals surface area contributed by atoms with Crippen LogP contribution in [0.2, 0.25) is 0 Å². The van der Waals surface area contributed by atoms with Gasteiger partial charge in [0, 0.05) is 21.7 Å². The molecule has 0 aromatic heterocycles. The van der Waals surface area contributed by atoms with E-state index in [1.54, 1.807) is 19.1 Å². The maximum absolute atomic E-state index is 1.72. The van der Waals surface area contributed by atoms with Crippen molar-refractivity contribution in [1.29, 1.82) is 0 Å². The van der Waals surface area contributed by atoms with E-state index in [4.69, 9.17) is 0 Å². The van der Waals surface area contributed by atoms with Crippen LogP contribution in [-0.2, 0) is 40.8 Å². The smallest absolute Gasteiger partial charge is 0 e. The Kier molecular flexibility index (Phi) is 78.8. The largest absolute Gasteiger partial charge is 0 e. The summed E-state index contributed by atoms with van der Waals surface area (Å²) < 4.78 is 0. The van der Waals surface area contributed by atoms with E-state index in [-0.39, 0.29) is 39.1 Å². The van der Waals surface area contributed by atoms with Crippen molar-refractivity contribution in [3.63, 3.8) is 0 Å². The Labute approximate surface area is 65.7 Å². The van der Waals surface area contributed by atoms with Crippen LogP contribution in [0.4, 0.5) is 0 Å². The number of hydrogen-bond acceptors (Lipinski definition) is 0. The van der Waals surface area contributed by atoms with Crippen LogP contribution >= 0.6 is 0 Å². The van der Waals surface area contributed by atoms with Crippen molar-refractivity contribution in [2.75, 3.05) is 0 Å². The van der Waals surface area contributed by atoms with Gasteiger partial charge in [-0.3, -0.25) is 0 Å². The molecule has 0 saturated carbocycles. The van der Waals surface area contributed by atoms with E-state index in [0.717, 1.165) is 0 Å². The molecule has 0 aliphatic carbocycles. The molecule has 0 bridgehead atoms. The van der Waals surface area contributed by atoms with Gasteiger partial charge >= 0.3 is 27.3 Å². The molecule has 23 valence electrons. The van der Waals surface area contributed by atoms with Crippen molar-refractivity contribution in [1.82, 2.24) is 0 Å². The summed E-state index contributed by atoms with van der Waals surface area (Å²) in [4.78, 5) is 0. The fourth-order valence-electron chi connectivity index (χ4n) is 0. The average Bonchev–Trinajstić information content (AvgIpc) is 1.00. The first-order chi connectivity index (χ1) is 1.00. The molecule has 0 radical (unpaired) electrons. The monoisotopic (exact) mass is 293 g/mol. The average molecular weight is 293 g/mol. The van der Waals surface area contributed by atoms with Gasteiger partial charge in [-0.05, 0) is 0 Å². The van der Waals surface area contributed by atoms with Gasteiger partial charge in [-0.25, -0.2) is 0 Å². The second-order valence-electron chi connectivity index (χ2n) is 0. The van der Waals surface area contributed by atoms with Crippen molar-refractivity contribution in [3.8, 4) is 0 Å². The van der Waals surface area contributed by atoms with Crippen LogP contribution in [0.25, 0.3) is 0 Å². The molecule has 0 fully saturated rings. The van der Waals surface area contributed by atoms with Crippen LogP contribution in [0.15, 0.2) is 0 Å². The SMILES string of the molecule is [AlH3].[SiH3][W].[Ti]. The molecule has 0 aliphatic heterocycles. The van der Waals surface area contributed by atoms with E-state index >= 15 is 0 Å². The van der Waals surface area contributed by atoms with Crippen LogP contribution in [-0.4, -0.2) is 25.6 Å². The third-order valence-corrected chi connectivity index (χ3v) is 0. The molecule has 0 unspecified atom stereocenters. The van der Waals surface area contributed by atoms with Gasteiger partial charge in [0.25, 0.3) is 0 Å². The molecular formula is H6AlSiTiW. The van der Waals surface area contributed by atoms with E-state index in [1.165, 1.54) is 8.21 Å². The van der Waals surface area contributed by atoms with Crippen LogP contribution in [0.1, 0.15) is 0 Å². The molecule has 0 heterocycles. The summed E-state index contributed by atoms with van der Waals surface area (Å²) >= 11 is 1.72. The van der Waals surface area contributed by atoms with Crippen molar-refractivity contribution >= 4 is 25.6 Å². The Balaban J connectivity index is -0.00000000500. The van der Waals surface area contributed by atoms with Crippen molar-refractivity contribution < 1.29 is 40.8 Å². The first-order valence-electron chi connectivity index (χ1n) is 0.408. The second-order valence-corrected chi connectivity index (χ2v) is 0. The van der Waals surface area contributed by atoms with E-state index in [1.807, 2.05) is 0 Å². The fourth-order valence-corrected chi connectivity index (χ4v) is 0. The minimum atomic E-state index is 0. The molecular weight excluding hydrogens is 287 g/mol. The normalized spacial score (nSPS) is 2.00. The molecule has 0 saturated heterocycles. The van der Waals surface area contributed by atoms with E-state index in [2.05, 4.69) is 0 Å². The van der Waals surface area contributed by atoms with Crippen LogP contribution in [0.3, 0.4) is 0 Å². The van der Waals surface area contributed by atoms with Gasteiger partial charge in [0.1, 0.15) is 0 Å². The summed E-state index contributed by atoms with van der Waals surface area (Å²) in [6.07, 6.45) is 0. The number of rotatable bonds is 0. The fraction of sp³-hybridized carbons (Fsp3) is 0. The van der Waals surface area contributed by atoms with Gasteiger partial charge in [-0.1, -0.05) is 0 Å². The van der Waals surface area contributed by atoms with Crippen molar-refractivity contribution in [2.24, 2.45) is 0 Å². The summed E-state index contributed by atoms with van der Waals surface area (Å²) in [6.45, 7) is 0. The first-order valence-corrected chi connectivity index (χ1v) is 10.0. The van der Waals surface area contributed by atoms with Gasteiger partial charge in [0.2, 0.25) is 0 Å². The molecule has 0 N–H and O–H groups in total. The molecule has 0 aliphatic rings. The Bertz CT molecular complexity index is 8.00. The topological polar surface area (TPSA) is 0 Å². The van der Waals surface area contributed by atoms with Crippen LogP contribution < -0.4 is 0 Å². The minimum Gasteiger partial charge on any atom is 0 e. The predicted molar refractivity (Wildman–Crippen MR) is 19.9 cm³/mol. The zero-order valence-corrected chi connectivity index (χ0v) is 8.40. The summed E-state index contributed by atoms with van der Waals surface area (Å²) in [5.41, 5.74) is 0. The van der Waals surface area contributed by atoms with E-state index in [0.29, 0.717) is 0 Å². The van der Waals surface area contributed by atoms with E-state index in [9.17, 15) is 0 Å². The molecule has 0 nitrogen and oxygen atoms in total. The molecule has 0 spiro atoms. The third kappa shape index (κ3) is 8.91. The molecule has 0 amide bonds. The first kappa shape index (κ1) is 16.4. The second kappa shape index (κ2) is 19.2. The van der Waals surface area contributed by atoms with Crippen LogP contribution in [0, 0.1) is 0 Å². The summed E-state index contributed by atoms with van der Waals surface area (Å²) in [7, 11) is 1.39. The Hall–Kier alpha value is 2.15. The summed E-state index contributed by atoms with van der Waals surface area (Å²) in [5.74, 6) is 0. The Morgan fingerprint density at radius 3 is 1.25 bits per heavy atom. The standard InChI is InChI=1S/Al.H3Si.Ti.W.3H/h;1H3;;;;;. The third-order valence-electron chi connectivity index (χ3n) is 0. The van der Waals surface area contributed by atoms with Gasteiger partial charge in [0.05, 0.1) is 0 Å². The van der Waals surface area contributed by atoms with Gasteiger partial charge in [-0.2, -0.15) is 0 Å². The van der Waals surface area contributed by atoms with Gasteiger partial charge in [-0.15, -0.1) is 0 Å². The van der Waals surface area contributed by atoms with Crippen molar-refractivity contribution in [3.05, 3.63) is 0 Å². The Morgan fingerprint density at radius 1 is 1.25 bits per heavy atom. The molecule has 4 heavy (non-hydrogen) atoms.